The summed E-state index contributed by atoms with van der Waals surface area (Å²) < 4.78 is 0. The second-order valence-electron chi connectivity index (χ2n) is 3.75. The number of rotatable bonds is 3. The van der Waals surface area contributed by atoms with Crippen molar-refractivity contribution in [1.82, 2.24) is 4.90 Å². The molecule has 0 aromatic rings. The summed E-state index contributed by atoms with van der Waals surface area (Å²) in [5.41, 5.74) is 0. The Morgan fingerprint density at radius 1 is 1.23 bits per heavy atom. The first-order valence-electron chi connectivity index (χ1n) is 4.94. The van der Waals surface area contributed by atoms with Crippen molar-refractivity contribution in [3.8, 4) is 0 Å². The van der Waals surface area contributed by atoms with Crippen LogP contribution in [-0.2, 0) is 0 Å². The van der Waals surface area contributed by atoms with Gasteiger partial charge in [0.2, 0.25) is 0 Å². The first-order chi connectivity index (χ1) is 5.99. The molecule has 0 fully saturated rings. The van der Waals surface area contributed by atoms with E-state index in [1.165, 1.54) is 0 Å². The Labute approximate surface area is 82.4 Å². The lowest BCUT2D eigenvalue weighted by Gasteiger charge is -2.24. The monoisotopic (exact) mass is 182 g/mol. The fraction of sp³-hybridized carbons (Fsp3) is 0.727. The largest absolute Gasteiger partial charge is 0.335 e. The van der Waals surface area contributed by atoms with E-state index in [1.807, 2.05) is 13.0 Å². The van der Waals surface area contributed by atoms with Crippen LogP contribution in [0.4, 0.5) is 0 Å². The van der Waals surface area contributed by atoms with Gasteiger partial charge in [-0.1, -0.05) is 6.08 Å². The zero-order valence-corrected chi connectivity index (χ0v) is 9.70. The third-order valence-electron chi connectivity index (χ3n) is 1.68. The van der Waals surface area contributed by atoms with Crippen molar-refractivity contribution in [1.29, 1.82) is 0 Å². The lowest BCUT2D eigenvalue weighted by molar-refractivity contribution is 0.452. The maximum absolute atomic E-state index is 4.51. The molecule has 0 bridgehead atoms. The van der Waals surface area contributed by atoms with Crippen molar-refractivity contribution in [2.45, 2.75) is 53.6 Å². The minimum absolute atomic E-state index is 0.367. The highest BCUT2D eigenvalue weighted by atomic mass is 15.2. The van der Waals surface area contributed by atoms with Gasteiger partial charge in [0, 0.05) is 18.3 Å². The van der Waals surface area contributed by atoms with E-state index >= 15 is 0 Å². The molecule has 2 heteroatoms. The van der Waals surface area contributed by atoms with Gasteiger partial charge in [0.15, 0.2) is 0 Å². The van der Waals surface area contributed by atoms with E-state index in [0.717, 1.165) is 5.84 Å². The van der Waals surface area contributed by atoms with Gasteiger partial charge in [-0.25, -0.2) is 0 Å². The van der Waals surface area contributed by atoms with Crippen molar-refractivity contribution in [2.24, 2.45) is 4.99 Å². The predicted molar refractivity (Wildman–Crippen MR) is 60.0 cm³/mol. The molecule has 13 heavy (non-hydrogen) atoms. The van der Waals surface area contributed by atoms with E-state index in [1.54, 1.807) is 0 Å². The van der Waals surface area contributed by atoms with Gasteiger partial charge in [-0.05, 0) is 41.5 Å². The smallest absolute Gasteiger partial charge is 0.100 e. The van der Waals surface area contributed by atoms with Gasteiger partial charge < -0.3 is 4.90 Å². The molecule has 76 valence electrons. The third-order valence-corrected chi connectivity index (χ3v) is 1.68. The van der Waals surface area contributed by atoms with E-state index < -0.39 is 0 Å². The number of hydrogen-bond donors (Lipinski definition) is 0. The fourth-order valence-electron chi connectivity index (χ4n) is 1.25. The van der Waals surface area contributed by atoms with Gasteiger partial charge >= 0.3 is 0 Å². The lowest BCUT2D eigenvalue weighted by Crippen LogP contribution is -2.30. The maximum Gasteiger partial charge on any atom is 0.100 e. The van der Waals surface area contributed by atoms with Gasteiger partial charge in [0.25, 0.3) is 0 Å². The highest BCUT2D eigenvalue weighted by Gasteiger charge is 2.07. The second-order valence-corrected chi connectivity index (χ2v) is 3.75. The highest BCUT2D eigenvalue weighted by Crippen LogP contribution is 2.03. The molecule has 2 nitrogen and oxygen atoms in total. The summed E-state index contributed by atoms with van der Waals surface area (Å²) in [6, 6.07) is 0.838. The van der Waals surface area contributed by atoms with Crippen molar-refractivity contribution < 1.29 is 0 Å². The molecule has 0 aromatic carbocycles. The standard InChI is InChI=1S/C11H22N2/c1-7-8-13(10(4)5)11(6)12-9(2)3/h7-10H,1-6H3/b8-7+,12-11-. The molecule has 0 N–H and O–H groups in total. The summed E-state index contributed by atoms with van der Waals surface area (Å²) in [6.07, 6.45) is 4.12. The minimum atomic E-state index is 0.367. The number of allylic oxidation sites excluding steroid dienone is 1. The van der Waals surface area contributed by atoms with Crippen LogP contribution >= 0.6 is 0 Å². The molecule has 0 aliphatic carbocycles. The number of hydrogen-bond acceptors (Lipinski definition) is 1. The minimum Gasteiger partial charge on any atom is -0.335 e. The molecule has 0 rings (SSSR count). The summed E-state index contributed by atoms with van der Waals surface area (Å²) in [6.45, 7) is 12.6. The van der Waals surface area contributed by atoms with E-state index in [9.17, 15) is 0 Å². The van der Waals surface area contributed by atoms with Crippen molar-refractivity contribution >= 4 is 5.84 Å². The Balaban J connectivity index is 4.54. The predicted octanol–water partition coefficient (Wildman–Crippen LogP) is 3.06. The molecule has 0 unspecified atom stereocenters. The van der Waals surface area contributed by atoms with Crippen LogP contribution in [0.25, 0.3) is 0 Å². The van der Waals surface area contributed by atoms with Crippen LogP contribution in [0.1, 0.15) is 41.5 Å². The molecule has 0 saturated heterocycles. The molecule has 0 heterocycles. The molecule has 0 aliphatic rings. The van der Waals surface area contributed by atoms with E-state index in [2.05, 4.69) is 50.7 Å². The van der Waals surface area contributed by atoms with Crippen LogP contribution in [0.3, 0.4) is 0 Å². The highest BCUT2D eigenvalue weighted by molar-refractivity contribution is 5.81. The van der Waals surface area contributed by atoms with Gasteiger partial charge in [0.05, 0.1) is 0 Å². The Bertz CT molecular complexity index is 190. The van der Waals surface area contributed by atoms with Crippen LogP contribution < -0.4 is 0 Å². The van der Waals surface area contributed by atoms with Crippen LogP contribution in [0.5, 0.6) is 0 Å². The molecule has 0 radical (unpaired) electrons. The molecule has 0 spiro atoms. The SMILES string of the molecule is C/C=C/N(/C(C)=N\C(C)C)C(C)C. The normalized spacial score (nSPS) is 13.4. The van der Waals surface area contributed by atoms with Gasteiger partial charge in [-0.2, -0.15) is 0 Å². The zero-order chi connectivity index (χ0) is 10.4. The summed E-state index contributed by atoms with van der Waals surface area (Å²) in [4.78, 5) is 6.69. The molecule has 0 aromatic heterocycles. The molecule has 0 amide bonds. The Hall–Kier alpha value is -0.790. The van der Waals surface area contributed by atoms with E-state index in [-0.39, 0.29) is 0 Å². The van der Waals surface area contributed by atoms with Crippen LogP contribution in [0.15, 0.2) is 17.3 Å². The van der Waals surface area contributed by atoms with Gasteiger partial charge in [-0.3, -0.25) is 4.99 Å². The van der Waals surface area contributed by atoms with E-state index in [4.69, 9.17) is 0 Å². The van der Waals surface area contributed by atoms with Crippen LogP contribution in [0.2, 0.25) is 0 Å². The third kappa shape index (κ3) is 4.71. The number of aliphatic imine (C=N–C) groups is 1. The average molecular weight is 182 g/mol. The molecule has 0 saturated carbocycles. The Morgan fingerprint density at radius 3 is 2.08 bits per heavy atom. The summed E-state index contributed by atoms with van der Waals surface area (Å²) >= 11 is 0. The summed E-state index contributed by atoms with van der Waals surface area (Å²) in [7, 11) is 0. The zero-order valence-electron chi connectivity index (χ0n) is 9.70. The molecule has 0 aliphatic heterocycles. The molecular formula is C11H22N2. The number of amidine groups is 1. The van der Waals surface area contributed by atoms with Crippen LogP contribution in [0, 0.1) is 0 Å². The van der Waals surface area contributed by atoms with Crippen molar-refractivity contribution in [2.75, 3.05) is 0 Å². The lowest BCUT2D eigenvalue weighted by atomic mass is 10.3. The topological polar surface area (TPSA) is 15.6 Å². The maximum atomic E-state index is 4.51. The fourth-order valence-corrected chi connectivity index (χ4v) is 1.25. The number of nitrogens with zero attached hydrogens (tertiary/aromatic N) is 2. The summed E-state index contributed by atoms with van der Waals surface area (Å²) in [5, 5.41) is 0. The second kappa shape index (κ2) is 5.79. The Morgan fingerprint density at radius 2 is 1.77 bits per heavy atom. The van der Waals surface area contributed by atoms with Crippen molar-refractivity contribution in [3.05, 3.63) is 12.3 Å². The quantitative estimate of drug-likeness (QED) is 0.484. The van der Waals surface area contributed by atoms with Gasteiger partial charge in [0.1, 0.15) is 5.84 Å². The average Bonchev–Trinajstić information content (AvgIpc) is 1.97. The Kier molecular flexibility index (Phi) is 5.44. The first-order valence-corrected chi connectivity index (χ1v) is 4.94. The van der Waals surface area contributed by atoms with Crippen LogP contribution in [-0.4, -0.2) is 22.8 Å². The molecular weight excluding hydrogens is 160 g/mol. The first kappa shape index (κ1) is 12.2. The van der Waals surface area contributed by atoms with E-state index in [0.29, 0.717) is 12.1 Å². The van der Waals surface area contributed by atoms with Gasteiger partial charge in [-0.15, -0.1) is 0 Å². The van der Waals surface area contributed by atoms with Crippen molar-refractivity contribution in [3.63, 3.8) is 0 Å². The molecule has 0 atom stereocenters. The summed E-state index contributed by atoms with van der Waals surface area (Å²) in [5.74, 6) is 1.09.